The molecular formula is C32H32F3N3O5S. The quantitative estimate of drug-likeness (QED) is 0.254. The van der Waals surface area contributed by atoms with Gasteiger partial charge in [0.2, 0.25) is 5.91 Å². The SMILES string of the molecule is CCCc1ccc(OC)cc1N1C(=O)CSC1=NC(=O)NCCc1ccc(CC(=O)Cc2ccc(OC(F)(F)F)cc2)cc1. The van der Waals surface area contributed by atoms with Crippen molar-refractivity contribution in [3.05, 3.63) is 89.0 Å². The van der Waals surface area contributed by atoms with E-state index in [1.165, 1.54) is 40.9 Å². The standard InChI is InChI=1S/C32H32F3N3O5S/c1-3-4-24-11-14-27(42-2)19-28(24)38-29(40)20-44-31(38)37-30(41)36-16-15-21-5-7-22(8-6-21)17-25(39)18-23-9-12-26(13-10-23)43-32(33,34)35/h5-14,19H,3-4,15-18,20H2,1-2H3,(H,36,41). The predicted molar refractivity (Wildman–Crippen MR) is 163 cm³/mol. The topological polar surface area (TPSA) is 97.3 Å². The second kappa shape index (κ2) is 14.9. The number of amides is 3. The Kier molecular flexibility index (Phi) is 11.0. The number of hydrogen-bond acceptors (Lipinski definition) is 6. The van der Waals surface area contributed by atoms with Crippen LogP contribution in [0, 0.1) is 0 Å². The summed E-state index contributed by atoms with van der Waals surface area (Å²) in [5, 5.41) is 3.09. The number of Topliss-reactive ketones (excluding diaryl/α,β-unsaturated/α-hetero) is 1. The van der Waals surface area contributed by atoms with Gasteiger partial charge in [0.15, 0.2) is 5.17 Å². The Morgan fingerprint density at radius 1 is 0.932 bits per heavy atom. The highest BCUT2D eigenvalue weighted by Crippen LogP contribution is 2.33. The van der Waals surface area contributed by atoms with Gasteiger partial charge in [0.1, 0.15) is 17.3 Å². The first-order valence-electron chi connectivity index (χ1n) is 14.0. The van der Waals surface area contributed by atoms with E-state index in [0.29, 0.717) is 35.1 Å². The predicted octanol–water partition coefficient (Wildman–Crippen LogP) is 6.29. The molecule has 1 saturated heterocycles. The van der Waals surface area contributed by atoms with E-state index in [4.69, 9.17) is 4.74 Å². The first-order valence-corrected chi connectivity index (χ1v) is 15.0. The highest BCUT2D eigenvalue weighted by molar-refractivity contribution is 8.15. The van der Waals surface area contributed by atoms with Crippen LogP contribution < -0.4 is 19.7 Å². The molecule has 12 heteroatoms. The average molecular weight is 628 g/mol. The van der Waals surface area contributed by atoms with Crippen LogP contribution in [0.4, 0.5) is 23.7 Å². The van der Waals surface area contributed by atoms with Crippen LogP contribution in [0.3, 0.4) is 0 Å². The minimum Gasteiger partial charge on any atom is -0.497 e. The summed E-state index contributed by atoms with van der Waals surface area (Å²) in [6.07, 6.45) is -2.32. The molecule has 3 aromatic carbocycles. The number of carbonyl (C=O) groups excluding carboxylic acids is 3. The normalized spacial score (nSPS) is 14.2. The number of rotatable bonds is 12. The smallest absolute Gasteiger partial charge is 0.497 e. The number of hydrogen-bond donors (Lipinski definition) is 1. The molecule has 0 aliphatic carbocycles. The highest BCUT2D eigenvalue weighted by atomic mass is 32.2. The molecule has 0 radical (unpaired) electrons. The number of amidine groups is 1. The van der Waals surface area contributed by atoms with E-state index >= 15 is 0 Å². The van der Waals surface area contributed by atoms with Crippen LogP contribution in [0.1, 0.15) is 35.6 Å². The Balaban J connectivity index is 1.28. The summed E-state index contributed by atoms with van der Waals surface area (Å²) < 4.78 is 46.1. The lowest BCUT2D eigenvalue weighted by Crippen LogP contribution is -2.32. The van der Waals surface area contributed by atoms with Crippen LogP contribution in [-0.4, -0.2) is 48.7 Å². The zero-order valence-electron chi connectivity index (χ0n) is 24.3. The number of ketones is 1. The number of aryl methyl sites for hydroxylation is 1. The van der Waals surface area contributed by atoms with Crippen molar-refractivity contribution in [2.45, 2.75) is 45.4 Å². The number of thioether (sulfide) groups is 1. The molecule has 0 saturated carbocycles. The molecule has 0 atom stereocenters. The van der Waals surface area contributed by atoms with Crippen LogP contribution in [0.2, 0.25) is 0 Å². The van der Waals surface area contributed by atoms with Gasteiger partial charge in [-0.3, -0.25) is 14.5 Å². The van der Waals surface area contributed by atoms with Crippen molar-refractivity contribution in [1.82, 2.24) is 5.32 Å². The number of nitrogens with zero attached hydrogens (tertiary/aromatic N) is 2. The maximum atomic E-state index is 12.8. The summed E-state index contributed by atoms with van der Waals surface area (Å²) in [6, 6.07) is 17.6. The van der Waals surface area contributed by atoms with E-state index in [0.717, 1.165) is 29.5 Å². The second-order valence-electron chi connectivity index (χ2n) is 10.0. The van der Waals surface area contributed by atoms with Gasteiger partial charge in [-0.05, 0) is 53.3 Å². The summed E-state index contributed by atoms with van der Waals surface area (Å²) in [5.74, 6) is 0.224. The van der Waals surface area contributed by atoms with Gasteiger partial charge in [0, 0.05) is 25.5 Å². The van der Waals surface area contributed by atoms with Crippen molar-refractivity contribution < 1.29 is 37.0 Å². The third kappa shape index (κ3) is 9.34. The number of halogens is 3. The first-order chi connectivity index (χ1) is 21.0. The summed E-state index contributed by atoms with van der Waals surface area (Å²) in [6.45, 7) is 2.37. The Labute approximate surface area is 257 Å². The lowest BCUT2D eigenvalue weighted by Gasteiger charge is -2.20. The number of aliphatic imine (C=N–C) groups is 1. The molecule has 44 heavy (non-hydrogen) atoms. The maximum Gasteiger partial charge on any atom is 0.573 e. The Morgan fingerprint density at radius 3 is 2.16 bits per heavy atom. The summed E-state index contributed by atoms with van der Waals surface area (Å²) >= 11 is 1.21. The molecule has 0 spiro atoms. The minimum atomic E-state index is -4.77. The number of alkyl halides is 3. The fraction of sp³-hybridized carbons (Fsp3) is 0.312. The van der Waals surface area contributed by atoms with E-state index in [1.54, 1.807) is 13.2 Å². The largest absolute Gasteiger partial charge is 0.573 e. The van der Waals surface area contributed by atoms with Crippen LogP contribution in [-0.2, 0) is 35.3 Å². The molecule has 1 aliphatic heterocycles. The molecule has 3 aromatic rings. The Bertz CT molecular complexity index is 1510. The van der Waals surface area contributed by atoms with Crippen LogP contribution in [0.15, 0.2) is 71.7 Å². The molecule has 0 aromatic heterocycles. The number of ether oxygens (including phenoxy) is 2. The van der Waals surface area contributed by atoms with Crippen molar-refractivity contribution in [3.63, 3.8) is 0 Å². The van der Waals surface area contributed by atoms with E-state index in [-0.39, 0.29) is 36.0 Å². The molecule has 1 heterocycles. The van der Waals surface area contributed by atoms with Crippen LogP contribution in [0.5, 0.6) is 11.5 Å². The average Bonchev–Trinajstić information content (AvgIpc) is 3.33. The third-order valence-corrected chi connectivity index (χ3v) is 7.61. The van der Waals surface area contributed by atoms with Gasteiger partial charge in [-0.15, -0.1) is 13.2 Å². The Morgan fingerprint density at radius 2 is 1.55 bits per heavy atom. The molecule has 4 rings (SSSR count). The van der Waals surface area contributed by atoms with Crippen molar-refractivity contribution in [2.75, 3.05) is 24.3 Å². The van der Waals surface area contributed by atoms with E-state index < -0.39 is 12.4 Å². The number of nitrogens with one attached hydrogen (secondary N) is 1. The van der Waals surface area contributed by atoms with Gasteiger partial charge >= 0.3 is 12.4 Å². The molecule has 0 unspecified atom stereocenters. The maximum absolute atomic E-state index is 12.8. The fourth-order valence-electron chi connectivity index (χ4n) is 4.63. The molecular weight excluding hydrogens is 595 g/mol. The van der Waals surface area contributed by atoms with Gasteiger partial charge in [0.25, 0.3) is 0 Å². The minimum absolute atomic E-state index is 0.0818. The van der Waals surface area contributed by atoms with Crippen molar-refractivity contribution in [1.29, 1.82) is 0 Å². The zero-order valence-corrected chi connectivity index (χ0v) is 25.1. The number of anilines is 1. The lowest BCUT2D eigenvalue weighted by molar-refractivity contribution is -0.274. The second-order valence-corrected chi connectivity index (χ2v) is 11.0. The summed E-state index contributed by atoms with van der Waals surface area (Å²) in [7, 11) is 1.56. The van der Waals surface area contributed by atoms with Crippen molar-refractivity contribution in [2.24, 2.45) is 4.99 Å². The van der Waals surface area contributed by atoms with E-state index in [9.17, 15) is 27.6 Å². The van der Waals surface area contributed by atoms with Crippen LogP contribution in [0.25, 0.3) is 0 Å². The van der Waals surface area contributed by atoms with Crippen molar-refractivity contribution >= 4 is 40.3 Å². The van der Waals surface area contributed by atoms with Gasteiger partial charge < -0.3 is 14.8 Å². The van der Waals surface area contributed by atoms with E-state index in [2.05, 4.69) is 22.0 Å². The third-order valence-electron chi connectivity index (χ3n) is 6.69. The molecule has 1 aliphatic rings. The molecule has 232 valence electrons. The molecule has 0 bridgehead atoms. The molecule has 1 fully saturated rings. The fourth-order valence-corrected chi connectivity index (χ4v) is 5.49. The van der Waals surface area contributed by atoms with Gasteiger partial charge in [-0.25, -0.2) is 4.79 Å². The van der Waals surface area contributed by atoms with Gasteiger partial charge in [-0.2, -0.15) is 4.99 Å². The van der Waals surface area contributed by atoms with E-state index in [1.807, 2.05) is 36.4 Å². The zero-order chi connectivity index (χ0) is 31.7. The number of carbonyl (C=O) groups is 3. The first kappa shape index (κ1) is 32.6. The lowest BCUT2D eigenvalue weighted by atomic mass is 10.0. The molecule has 8 nitrogen and oxygen atoms in total. The molecule has 1 N–H and O–H groups in total. The highest BCUT2D eigenvalue weighted by Gasteiger charge is 2.32. The van der Waals surface area contributed by atoms with Gasteiger partial charge in [-0.1, -0.05) is 67.6 Å². The van der Waals surface area contributed by atoms with Gasteiger partial charge in [0.05, 0.1) is 18.6 Å². The monoisotopic (exact) mass is 627 g/mol. The Hall–Kier alpha value is -4.32. The number of benzene rings is 3. The van der Waals surface area contributed by atoms with Crippen molar-refractivity contribution in [3.8, 4) is 11.5 Å². The number of methoxy groups -OCH3 is 1. The van der Waals surface area contributed by atoms with Crippen LogP contribution >= 0.6 is 11.8 Å². The summed E-state index contributed by atoms with van der Waals surface area (Å²) in [5.41, 5.74) is 3.97. The summed E-state index contributed by atoms with van der Waals surface area (Å²) in [4.78, 5) is 43.5. The molecule has 3 amide bonds. The number of urea groups is 1.